The van der Waals surface area contributed by atoms with Gasteiger partial charge in [0.25, 0.3) is 11.8 Å². The number of rotatable bonds is 9. The van der Waals surface area contributed by atoms with Crippen LogP contribution in [0.15, 0.2) is 48.5 Å². The molecular formula is C21H22F2N2O4. The molecule has 2 aromatic rings. The third-order valence-corrected chi connectivity index (χ3v) is 4.06. The van der Waals surface area contributed by atoms with Crippen LogP contribution in [0.25, 0.3) is 0 Å². The van der Waals surface area contributed by atoms with E-state index in [0.29, 0.717) is 12.6 Å². The van der Waals surface area contributed by atoms with Gasteiger partial charge in [-0.1, -0.05) is 30.3 Å². The first kappa shape index (κ1) is 22.0. The van der Waals surface area contributed by atoms with E-state index in [2.05, 4.69) is 5.32 Å². The van der Waals surface area contributed by atoms with Crippen molar-refractivity contribution in [2.75, 3.05) is 20.2 Å². The molecule has 0 spiro atoms. The third-order valence-electron chi connectivity index (χ3n) is 4.06. The van der Waals surface area contributed by atoms with Gasteiger partial charge in [0.05, 0.1) is 5.56 Å². The zero-order chi connectivity index (χ0) is 21.2. The molecule has 29 heavy (non-hydrogen) atoms. The van der Waals surface area contributed by atoms with Crippen molar-refractivity contribution in [3.8, 4) is 0 Å². The minimum absolute atomic E-state index is 0.0120. The highest BCUT2D eigenvalue weighted by Gasteiger charge is 2.14. The molecule has 0 aromatic heterocycles. The summed E-state index contributed by atoms with van der Waals surface area (Å²) in [5.41, 5.74) is 0.684. The molecule has 0 atom stereocenters. The normalized spacial score (nSPS) is 10.3. The van der Waals surface area contributed by atoms with E-state index in [1.807, 2.05) is 30.3 Å². The van der Waals surface area contributed by atoms with E-state index in [9.17, 15) is 23.2 Å². The fourth-order valence-corrected chi connectivity index (χ4v) is 2.47. The minimum Gasteiger partial charge on any atom is -0.456 e. The highest BCUT2D eigenvalue weighted by molar-refractivity contribution is 5.94. The van der Waals surface area contributed by atoms with Crippen LogP contribution in [0, 0.1) is 11.6 Å². The maximum atomic E-state index is 13.5. The molecule has 0 heterocycles. The Balaban J connectivity index is 1.64. The van der Waals surface area contributed by atoms with Gasteiger partial charge in [-0.3, -0.25) is 14.4 Å². The standard InChI is InChI=1S/C21H22F2N2O4/c1-25(13-15-6-3-2-4-7-15)19(26)14-29-20(27)8-5-11-24-21(28)17-10-9-16(22)12-18(17)23/h2-4,6-7,9-10,12H,5,8,11,13-14H2,1H3,(H,24,28). The lowest BCUT2D eigenvalue weighted by Crippen LogP contribution is -2.31. The van der Waals surface area contributed by atoms with Crippen molar-refractivity contribution in [3.63, 3.8) is 0 Å². The number of carbonyl (C=O) groups excluding carboxylic acids is 3. The molecule has 0 aliphatic heterocycles. The van der Waals surface area contributed by atoms with Gasteiger partial charge in [0.15, 0.2) is 6.61 Å². The van der Waals surface area contributed by atoms with E-state index in [-0.39, 0.29) is 37.5 Å². The number of amides is 2. The van der Waals surface area contributed by atoms with Crippen molar-refractivity contribution in [1.29, 1.82) is 0 Å². The van der Waals surface area contributed by atoms with Crippen LogP contribution in [-0.2, 0) is 20.9 Å². The summed E-state index contributed by atoms with van der Waals surface area (Å²) in [6.07, 6.45) is 0.239. The fourth-order valence-electron chi connectivity index (χ4n) is 2.47. The van der Waals surface area contributed by atoms with Gasteiger partial charge in [0, 0.05) is 32.6 Å². The Bertz CT molecular complexity index is 859. The van der Waals surface area contributed by atoms with E-state index in [4.69, 9.17) is 4.74 Å². The lowest BCUT2D eigenvalue weighted by molar-refractivity contribution is -0.151. The molecule has 2 aromatic carbocycles. The van der Waals surface area contributed by atoms with Crippen LogP contribution in [-0.4, -0.2) is 42.9 Å². The second-order valence-electron chi connectivity index (χ2n) is 6.38. The van der Waals surface area contributed by atoms with Gasteiger partial charge in [0.1, 0.15) is 11.6 Å². The first-order valence-corrected chi connectivity index (χ1v) is 9.03. The molecule has 0 unspecified atom stereocenters. The Morgan fingerprint density at radius 2 is 1.79 bits per heavy atom. The molecule has 154 valence electrons. The third kappa shape index (κ3) is 7.33. The summed E-state index contributed by atoms with van der Waals surface area (Å²) in [4.78, 5) is 37.0. The zero-order valence-electron chi connectivity index (χ0n) is 16.0. The monoisotopic (exact) mass is 404 g/mol. The number of hydrogen-bond donors (Lipinski definition) is 1. The van der Waals surface area contributed by atoms with E-state index < -0.39 is 23.5 Å². The summed E-state index contributed by atoms with van der Waals surface area (Å²) in [7, 11) is 1.62. The van der Waals surface area contributed by atoms with Gasteiger partial charge in [0.2, 0.25) is 0 Å². The number of likely N-dealkylation sites (N-methyl/N-ethyl adjacent to an activating group) is 1. The smallest absolute Gasteiger partial charge is 0.306 e. The molecule has 0 aliphatic rings. The van der Waals surface area contributed by atoms with Crippen LogP contribution < -0.4 is 5.32 Å². The summed E-state index contributed by atoms with van der Waals surface area (Å²) in [5, 5.41) is 2.44. The van der Waals surface area contributed by atoms with Gasteiger partial charge in [-0.15, -0.1) is 0 Å². The predicted octanol–water partition coefficient (Wildman–Crippen LogP) is 2.68. The molecule has 0 saturated carbocycles. The first-order chi connectivity index (χ1) is 13.9. The summed E-state index contributed by atoms with van der Waals surface area (Å²) in [6, 6.07) is 12.1. The summed E-state index contributed by atoms with van der Waals surface area (Å²) >= 11 is 0. The number of nitrogens with zero attached hydrogens (tertiary/aromatic N) is 1. The largest absolute Gasteiger partial charge is 0.456 e. The molecule has 0 aliphatic carbocycles. The quantitative estimate of drug-likeness (QED) is 0.515. The average molecular weight is 404 g/mol. The van der Waals surface area contributed by atoms with Gasteiger partial charge < -0.3 is 15.0 Å². The van der Waals surface area contributed by atoms with Gasteiger partial charge in [-0.25, -0.2) is 8.78 Å². The Morgan fingerprint density at radius 3 is 2.48 bits per heavy atom. The maximum absolute atomic E-state index is 13.5. The summed E-state index contributed by atoms with van der Waals surface area (Å²) in [5.74, 6) is -3.34. The van der Waals surface area contributed by atoms with Crippen LogP contribution in [0.2, 0.25) is 0 Å². The fraction of sp³-hybridized carbons (Fsp3) is 0.286. The zero-order valence-corrected chi connectivity index (χ0v) is 16.0. The molecule has 8 heteroatoms. The topological polar surface area (TPSA) is 75.7 Å². The number of hydrogen-bond acceptors (Lipinski definition) is 4. The molecule has 1 N–H and O–H groups in total. The summed E-state index contributed by atoms with van der Waals surface area (Å²) in [6.45, 7) is 0.144. The molecule has 2 amide bonds. The first-order valence-electron chi connectivity index (χ1n) is 9.03. The number of benzene rings is 2. The predicted molar refractivity (Wildman–Crippen MR) is 102 cm³/mol. The van der Waals surface area contributed by atoms with Gasteiger partial charge in [-0.2, -0.15) is 0 Å². The highest BCUT2D eigenvalue weighted by Crippen LogP contribution is 2.09. The van der Waals surface area contributed by atoms with Crippen LogP contribution in [0.1, 0.15) is 28.8 Å². The summed E-state index contributed by atoms with van der Waals surface area (Å²) < 4.78 is 31.3. The number of carbonyl (C=O) groups is 3. The molecule has 6 nitrogen and oxygen atoms in total. The number of esters is 1. The van der Waals surface area contributed by atoms with Crippen molar-refractivity contribution in [1.82, 2.24) is 10.2 Å². The van der Waals surface area contributed by atoms with E-state index in [1.54, 1.807) is 7.05 Å². The number of ether oxygens (including phenoxy) is 1. The SMILES string of the molecule is CN(Cc1ccccc1)C(=O)COC(=O)CCCNC(=O)c1ccc(F)cc1F. The molecule has 0 saturated heterocycles. The Kier molecular flexibility index (Phi) is 8.27. The highest BCUT2D eigenvalue weighted by atomic mass is 19.1. The van der Waals surface area contributed by atoms with Crippen molar-refractivity contribution in [2.45, 2.75) is 19.4 Å². The molecule has 0 radical (unpaired) electrons. The van der Waals surface area contributed by atoms with Gasteiger partial charge >= 0.3 is 5.97 Å². The Morgan fingerprint density at radius 1 is 1.07 bits per heavy atom. The molecule has 0 bridgehead atoms. The molecule has 0 fully saturated rings. The second-order valence-corrected chi connectivity index (χ2v) is 6.38. The lowest BCUT2D eigenvalue weighted by atomic mass is 10.2. The van der Waals surface area contributed by atoms with Crippen molar-refractivity contribution in [2.24, 2.45) is 0 Å². The van der Waals surface area contributed by atoms with Crippen LogP contribution >= 0.6 is 0 Å². The molecular weight excluding hydrogens is 382 g/mol. The van der Waals surface area contributed by atoms with E-state index in [1.165, 1.54) is 4.90 Å². The van der Waals surface area contributed by atoms with Crippen LogP contribution in [0.3, 0.4) is 0 Å². The lowest BCUT2D eigenvalue weighted by Gasteiger charge is -2.17. The van der Waals surface area contributed by atoms with Crippen molar-refractivity contribution < 1.29 is 27.9 Å². The maximum Gasteiger partial charge on any atom is 0.306 e. The average Bonchev–Trinajstić information content (AvgIpc) is 2.70. The number of nitrogens with one attached hydrogen (secondary N) is 1. The minimum atomic E-state index is -0.958. The van der Waals surface area contributed by atoms with Crippen LogP contribution in [0.5, 0.6) is 0 Å². The van der Waals surface area contributed by atoms with Crippen molar-refractivity contribution in [3.05, 3.63) is 71.3 Å². The van der Waals surface area contributed by atoms with E-state index >= 15 is 0 Å². The molecule has 2 rings (SSSR count). The Labute approximate surface area is 167 Å². The van der Waals surface area contributed by atoms with Gasteiger partial charge in [-0.05, 0) is 24.1 Å². The van der Waals surface area contributed by atoms with Crippen LogP contribution in [0.4, 0.5) is 8.78 Å². The Hall–Kier alpha value is -3.29. The van der Waals surface area contributed by atoms with E-state index in [0.717, 1.165) is 17.7 Å². The second kappa shape index (κ2) is 10.9. The van der Waals surface area contributed by atoms with Crippen molar-refractivity contribution >= 4 is 17.8 Å². The number of halogens is 2.